The minimum Gasteiger partial charge on any atom is -0.482 e. The summed E-state index contributed by atoms with van der Waals surface area (Å²) in [5.74, 6) is -0.697. The van der Waals surface area contributed by atoms with E-state index in [0.717, 1.165) is 17.8 Å². The molecule has 1 amide bonds. The number of carboxylic acid groups (broad SMARTS) is 1. The Kier molecular flexibility index (Phi) is 4.67. The van der Waals surface area contributed by atoms with Crippen molar-refractivity contribution in [3.63, 3.8) is 0 Å². The average molecular weight is 292 g/mol. The standard InChI is InChI=1S/C15H20N2O4/c1-3-6-17-12-7-11(16-8-10(2)15(19)20)4-5-13(12)21-9-14(17)18/h4-5,7,10,16H,3,6,8-9H2,1-2H3,(H,19,20). The molecule has 1 aliphatic heterocycles. The number of carbonyl (C=O) groups is 2. The van der Waals surface area contributed by atoms with E-state index < -0.39 is 11.9 Å². The summed E-state index contributed by atoms with van der Waals surface area (Å²) in [6.07, 6.45) is 0.860. The minimum absolute atomic E-state index is 0.0552. The van der Waals surface area contributed by atoms with Crippen LogP contribution in [0.3, 0.4) is 0 Å². The van der Waals surface area contributed by atoms with Crippen LogP contribution in [0.1, 0.15) is 20.3 Å². The summed E-state index contributed by atoms with van der Waals surface area (Å²) in [7, 11) is 0. The van der Waals surface area contributed by atoms with E-state index in [4.69, 9.17) is 9.84 Å². The van der Waals surface area contributed by atoms with Crippen LogP contribution in [0.2, 0.25) is 0 Å². The number of hydrogen-bond donors (Lipinski definition) is 2. The van der Waals surface area contributed by atoms with Crippen LogP contribution in [0, 0.1) is 5.92 Å². The number of hydrogen-bond acceptors (Lipinski definition) is 4. The lowest BCUT2D eigenvalue weighted by molar-refractivity contribution is -0.140. The second kappa shape index (κ2) is 6.47. The number of anilines is 2. The highest BCUT2D eigenvalue weighted by Gasteiger charge is 2.25. The van der Waals surface area contributed by atoms with E-state index in [1.165, 1.54) is 0 Å². The Balaban J connectivity index is 2.16. The highest BCUT2D eigenvalue weighted by atomic mass is 16.5. The largest absolute Gasteiger partial charge is 0.482 e. The fraction of sp³-hybridized carbons (Fsp3) is 0.467. The third-order valence-electron chi connectivity index (χ3n) is 3.38. The van der Waals surface area contributed by atoms with E-state index >= 15 is 0 Å². The predicted octanol–water partition coefficient (Wildman–Crippen LogP) is 1.95. The SMILES string of the molecule is CCCN1C(=O)COc2ccc(NCC(C)C(=O)O)cc21. The number of carbonyl (C=O) groups excluding carboxylic acids is 1. The molecule has 1 atom stereocenters. The van der Waals surface area contributed by atoms with Gasteiger partial charge in [-0.25, -0.2) is 0 Å². The molecule has 1 aliphatic rings. The van der Waals surface area contributed by atoms with Crippen molar-refractivity contribution in [2.75, 3.05) is 29.9 Å². The molecule has 114 valence electrons. The van der Waals surface area contributed by atoms with Crippen LogP contribution < -0.4 is 15.0 Å². The average Bonchev–Trinajstić information content (AvgIpc) is 2.47. The zero-order chi connectivity index (χ0) is 15.4. The van der Waals surface area contributed by atoms with E-state index in [1.807, 2.05) is 19.1 Å². The van der Waals surface area contributed by atoms with Gasteiger partial charge in [-0.05, 0) is 24.6 Å². The van der Waals surface area contributed by atoms with Gasteiger partial charge in [-0.15, -0.1) is 0 Å². The quantitative estimate of drug-likeness (QED) is 0.838. The Morgan fingerprint density at radius 3 is 2.95 bits per heavy atom. The number of nitrogens with one attached hydrogen (secondary N) is 1. The van der Waals surface area contributed by atoms with Crippen LogP contribution in [0.4, 0.5) is 11.4 Å². The molecular weight excluding hydrogens is 272 g/mol. The Morgan fingerprint density at radius 1 is 1.52 bits per heavy atom. The van der Waals surface area contributed by atoms with Crippen molar-refractivity contribution in [2.24, 2.45) is 5.92 Å². The lowest BCUT2D eigenvalue weighted by Crippen LogP contribution is -2.39. The molecule has 6 nitrogen and oxygen atoms in total. The second-order valence-corrected chi connectivity index (χ2v) is 5.14. The molecule has 6 heteroatoms. The van der Waals surface area contributed by atoms with E-state index in [-0.39, 0.29) is 12.5 Å². The Hall–Kier alpha value is -2.24. The Labute approximate surface area is 123 Å². The molecule has 2 N–H and O–H groups in total. The van der Waals surface area contributed by atoms with Crippen LogP contribution in [0.25, 0.3) is 0 Å². The molecule has 0 spiro atoms. The van der Waals surface area contributed by atoms with Gasteiger partial charge >= 0.3 is 5.97 Å². The van der Waals surface area contributed by atoms with Crippen LogP contribution in [-0.2, 0) is 9.59 Å². The van der Waals surface area contributed by atoms with Crippen molar-refractivity contribution < 1.29 is 19.4 Å². The summed E-state index contributed by atoms with van der Waals surface area (Å²) in [6.45, 7) is 4.69. The van der Waals surface area contributed by atoms with Crippen molar-refractivity contribution in [1.82, 2.24) is 0 Å². The highest BCUT2D eigenvalue weighted by molar-refractivity contribution is 5.98. The van der Waals surface area contributed by atoms with Gasteiger partial charge in [-0.2, -0.15) is 0 Å². The van der Waals surface area contributed by atoms with Crippen molar-refractivity contribution in [3.8, 4) is 5.75 Å². The first kappa shape index (κ1) is 15.2. The van der Waals surface area contributed by atoms with Gasteiger partial charge in [0.25, 0.3) is 5.91 Å². The molecule has 0 fully saturated rings. The zero-order valence-corrected chi connectivity index (χ0v) is 12.3. The Bertz CT molecular complexity index is 544. The molecule has 2 rings (SSSR count). The van der Waals surface area contributed by atoms with Gasteiger partial charge in [0.1, 0.15) is 5.75 Å². The third-order valence-corrected chi connectivity index (χ3v) is 3.38. The molecular formula is C15H20N2O4. The van der Waals surface area contributed by atoms with Gasteiger partial charge < -0.3 is 20.1 Å². The van der Waals surface area contributed by atoms with Crippen LogP contribution in [0.15, 0.2) is 18.2 Å². The number of nitrogens with zero attached hydrogens (tertiary/aromatic N) is 1. The number of rotatable bonds is 6. The topological polar surface area (TPSA) is 78.9 Å². The van der Waals surface area contributed by atoms with Gasteiger partial charge in [-0.1, -0.05) is 13.8 Å². The third kappa shape index (κ3) is 3.45. The summed E-state index contributed by atoms with van der Waals surface area (Å²) in [5, 5.41) is 12.0. The van der Waals surface area contributed by atoms with Crippen LogP contribution >= 0.6 is 0 Å². The number of amides is 1. The smallest absolute Gasteiger partial charge is 0.308 e. The number of benzene rings is 1. The molecule has 1 aromatic rings. The number of aliphatic carboxylic acids is 1. The first-order chi connectivity index (χ1) is 10.0. The molecule has 1 heterocycles. The molecule has 0 saturated carbocycles. The Morgan fingerprint density at radius 2 is 2.29 bits per heavy atom. The first-order valence-corrected chi connectivity index (χ1v) is 7.06. The number of fused-ring (bicyclic) bond motifs is 1. The van der Waals surface area contributed by atoms with Gasteiger partial charge in [0, 0.05) is 18.8 Å². The number of carboxylic acids is 1. The van der Waals surface area contributed by atoms with Crippen molar-refractivity contribution in [1.29, 1.82) is 0 Å². The van der Waals surface area contributed by atoms with Gasteiger partial charge in [0.2, 0.25) is 0 Å². The summed E-state index contributed by atoms with van der Waals surface area (Å²) >= 11 is 0. The molecule has 0 bridgehead atoms. The van der Waals surface area contributed by atoms with E-state index in [9.17, 15) is 9.59 Å². The summed E-state index contributed by atoms with van der Waals surface area (Å²) in [5.41, 5.74) is 1.52. The lowest BCUT2D eigenvalue weighted by Gasteiger charge is -2.29. The van der Waals surface area contributed by atoms with Gasteiger partial charge in [0.15, 0.2) is 6.61 Å². The maximum absolute atomic E-state index is 11.9. The molecule has 0 aliphatic carbocycles. The van der Waals surface area contributed by atoms with E-state index in [2.05, 4.69) is 5.32 Å². The summed E-state index contributed by atoms with van der Waals surface area (Å²) in [4.78, 5) is 24.4. The second-order valence-electron chi connectivity index (χ2n) is 5.14. The minimum atomic E-state index is -0.841. The summed E-state index contributed by atoms with van der Waals surface area (Å²) in [6, 6.07) is 5.46. The maximum Gasteiger partial charge on any atom is 0.308 e. The summed E-state index contributed by atoms with van der Waals surface area (Å²) < 4.78 is 5.42. The van der Waals surface area contributed by atoms with Gasteiger partial charge in [0.05, 0.1) is 11.6 Å². The predicted molar refractivity (Wildman–Crippen MR) is 79.9 cm³/mol. The monoisotopic (exact) mass is 292 g/mol. The maximum atomic E-state index is 11.9. The highest BCUT2D eigenvalue weighted by Crippen LogP contribution is 2.34. The number of ether oxygens (including phenoxy) is 1. The van der Waals surface area contributed by atoms with Crippen molar-refractivity contribution in [3.05, 3.63) is 18.2 Å². The van der Waals surface area contributed by atoms with Crippen LogP contribution in [-0.4, -0.2) is 36.7 Å². The van der Waals surface area contributed by atoms with Crippen molar-refractivity contribution in [2.45, 2.75) is 20.3 Å². The zero-order valence-electron chi connectivity index (χ0n) is 12.3. The lowest BCUT2D eigenvalue weighted by atomic mass is 10.1. The molecule has 21 heavy (non-hydrogen) atoms. The normalized spacial score (nSPS) is 15.1. The molecule has 0 radical (unpaired) electrons. The van der Waals surface area contributed by atoms with Gasteiger partial charge in [-0.3, -0.25) is 9.59 Å². The van der Waals surface area contributed by atoms with Crippen molar-refractivity contribution >= 4 is 23.3 Å². The molecule has 0 aromatic heterocycles. The fourth-order valence-electron chi connectivity index (χ4n) is 2.14. The fourth-order valence-corrected chi connectivity index (χ4v) is 2.14. The first-order valence-electron chi connectivity index (χ1n) is 7.06. The molecule has 0 saturated heterocycles. The van der Waals surface area contributed by atoms with E-state index in [0.29, 0.717) is 18.8 Å². The molecule has 1 unspecified atom stereocenters. The van der Waals surface area contributed by atoms with Crippen LogP contribution in [0.5, 0.6) is 5.75 Å². The van der Waals surface area contributed by atoms with E-state index in [1.54, 1.807) is 17.9 Å². The molecule has 1 aromatic carbocycles.